The number of nitrogens with zero attached hydrogens (tertiary/aromatic N) is 1. The average molecular weight is 239 g/mol. The summed E-state index contributed by atoms with van der Waals surface area (Å²) < 4.78 is 5.32. The molecule has 5 heteroatoms. The van der Waals surface area contributed by atoms with Crippen LogP contribution in [0.25, 0.3) is 0 Å². The number of hydrogen-bond acceptors (Lipinski definition) is 4. The molecule has 0 aromatic rings. The standard InChI is InChI=1S/C10H22N2O2.ClH/c11-3-7-14-8-5-12-4-1-10(9-12)2-6-13;/h10,13H,1-9,11H2;1H. The molecule has 1 saturated heterocycles. The van der Waals surface area contributed by atoms with Crippen molar-refractivity contribution in [2.24, 2.45) is 11.7 Å². The fourth-order valence-electron chi connectivity index (χ4n) is 1.91. The van der Waals surface area contributed by atoms with Crippen LogP contribution in [0.1, 0.15) is 12.8 Å². The van der Waals surface area contributed by atoms with Crippen LogP contribution >= 0.6 is 12.4 Å². The van der Waals surface area contributed by atoms with Crippen molar-refractivity contribution in [2.45, 2.75) is 12.8 Å². The van der Waals surface area contributed by atoms with Crippen LogP contribution in [-0.4, -0.2) is 56.0 Å². The predicted molar refractivity (Wildman–Crippen MR) is 63.4 cm³/mol. The van der Waals surface area contributed by atoms with Crippen LogP contribution in [0.4, 0.5) is 0 Å². The molecule has 0 saturated carbocycles. The van der Waals surface area contributed by atoms with Crippen molar-refractivity contribution in [3.8, 4) is 0 Å². The van der Waals surface area contributed by atoms with E-state index in [1.54, 1.807) is 0 Å². The largest absolute Gasteiger partial charge is 0.396 e. The monoisotopic (exact) mass is 238 g/mol. The second-order valence-electron chi connectivity index (χ2n) is 3.87. The molecular weight excluding hydrogens is 216 g/mol. The summed E-state index contributed by atoms with van der Waals surface area (Å²) in [5.41, 5.74) is 5.32. The summed E-state index contributed by atoms with van der Waals surface area (Å²) in [6, 6.07) is 0. The van der Waals surface area contributed by atoms with Crippen LogP contribution in [0, 0.1) is 5.92 Å². The van der Waals surface area contributed by atoms with Crippen LogP contribution in [0.5, 0.6) is 0 Å². The van der Waals surface area contributed by atoms with Crippen LogP contribution < -0.4 is 5.73 Å². The number of ether oxygens (including phenoxy) is 1. The molecule has 4 nitrogen and oxygen atoms in total. The van der Waals surface area contributed by atoms with Gasteiger partial charge in [0.05, 0.1) is 13.2 Å². The van der Waals surface area contributed by atoms with Gasteiger partial charge in [-0.25, -0.2) is 0 Å². The molecule has 0 aromatic heterocycles. The first kappa shape index (κ1) is 15.1. The smallest absolute Gasteiger partial charge is 0.0594 e. The number of nitrogens with two attached hydrogens (primary N) is 1. The van der Waals surface area contributed by atoms with Crippen LogP contribution in [0.3, 0.4) is 0 Å². The summed E-state index contributed by atoms with van der Waals surface area (Å²) >= 11 is 0. The molecule has 92 valence electrons. The van der Waals surface area contributed by atoms with Gasteiger partial charge in [0.2, 0.25) is 0 Å². The maximum Gasteiger partial charge on any atom is 0.0594 e. The third-order valence-electron chi connectivity index (χ3n) is 2.72. The maximum absolute atomic E-state index is 8.80. The summed E-state index contributed by atoms with van der Waals surface area (Å²) in [5, 5.41) is 8.80. The second kappa shape index (κ2) is 9.36. The van der Waals surface area contributed by atoms with Crippen molar-refractivity contribution >= 4 is 12.4 Å². The number of rotatable bonds is 7. The Morgan fingerprint density at radius 3 is 2.87 bits per heavy atom. The Morgan fingerprint density at radius 1 is 1.40 bits per heavy atom. The minimum Gasteiger partial charge on any atom is -0.396 e. The fourth-order valence-corrected chi connectivity index (χ4v) is 1.91. The maximum atomic E-state index is 8.80. The van der Waals surface area contributed by atoms with Crippen LogP contribution in [0.15, 0.2) is 0 Å². The highest BCUT2D eigenvalue weighted by molar-refractivity contribution is 5.85. The first-order chi connectivity index (χ1) is 6.86. The lowest BCUT2D eigenvalue weighted by molar-refractivity contribution is 0.115. The summed E-state index contributed by atoms with van der Waals surface area (Å²) in [6.07, 6.45) is 2.16. The SMILES string of the molecule is Cl.NCCOCCN1CCC(CCO)C1. The predicted octanol–water partition coefficient (Wildman–Crippen LogP) is 0.0878. The van der Waals surface area contributed by atoms with E-state index in [1.807, 2.05) is 0 Å². The van der Waals surface area contributed by atoms with Gasteiger partial charge in [0.1, 0.15) is 0 Å². The number of hydrogen-bond donors (Lipinski definition) is 2. The van der Waals surface area contributed by atoms with E-state index >= 15 is 0 Å². The van der Waals surface area contributed by atoms with Crippen molar-refractivity contribution in [3.05, 3.63) is 0 Å². The van der Waals surface area contributed by atoms with Crippen molar-refractivity contribution < 1.29 is 9.84 Å². The lowest BCUT2D eigenvalue weighted by atomic mass is 10.1. The lowest BCUT2D eigenvalue weighted by Crippen LogP contribution is -2.26. The van der Waals surface area contributed by atoms with E-state index in [0.29, 0.717) is 25.7 Å². The molecule has 1 rings (SSSR count). The normalized spacial score (nSPS) is 21.6. The molecule has 3 N–H and O–H groups in total. The summed E-state index contributed by atoms with van der Waals surface area (Å²) in [7, 11) is 0. The molecule has 1 atom stereocenters. The zero-order valence-electron chi connectivity index (χ0n) is 9.23. The van der Waals surface area contributed by atoms with E-state index in [2.05, 4.69) is 4.90 Å². The average Bonchev–Trinajstić information content (AvgIpc) is 2.61. The Kier molecular flexibility index (Phi) is 9.44. The second-order valence-corrected chi connectivity index (χ2v) is 3.87. The molecule has 0 aliphatic carbocycles. The minimum absolute atomic E-state index is 0. The zero-order valence-corrected chi connectivity index (χ0v) is 10.0. The Balaban J connectivity index is 0.00000196. The fraction of sp³-hybridized carbons (Fsp3) is 1.00. The number of aliphatic hydroxyl groups is 1. The Bertz CT molecular complexity index is 149. The van der Waals surface area contributed by atoms with Gasteiger partial charge in [-0.1, -0.05) is 0 Å². The van der Waals surface area contributed by atoms with Gasteiger partial charge in [0, 0.05) is 26.2 Å². The Morgan fingerprint density at radius 2 is 2.20 bits per heavy atom. The number of likely N-dealkylation sites (tertiary alicyclic amines) is 1. The third-order valence-corrected chi connectivity index (χ3v) is 2.72. The zero-order chi connectivity index (χ0) is 10.2. The molecule has 1 heterocycles. The molecule has 15 heavy (non-hydrogen) atoms. The van der Waals surface area contributed by atoms with Gasteiger partial charge in [-0.05, 0) is 25.3 Å². The van der Waals surface area contributed by atoms with Gasteiger partial charge >= 0.3 is 0 Å². The number of halogens is 1. The topological polar surface area (TPSA) is 58.7 Å². The first-order valence-electron chi connectivity index (χ1n) is 5.48. The third kappa shape index (κ3) is 6.33. The molecule has 0 amide bonds. The molecule has 1 fully saturated rings. The van der Waals surface area contributed by atoms with Gasteiger partial charge in [-0.2, -0.15) is 0 Å². The van der Waals surface area contributed by atoms with Crippen molar-refractivity contribution in [1.29, 1.82) is 0 Å². The van der Waals surface area contributed by atoms with E-state index < -0.39 is 0 Å². The van der Waals surface area contributed by atoms with Crippen LogP contribution in [0.2, 0.25) is 0 Å². The minimum atomic E-state index is 0. The highest BCUT2D eigenvalue weighted by Crippen LogP contribution is 2.18. The summed E-state index contributed by atoms with van der Waals surface area (Å²) in [5.74, 6) is 0.689. The van der Waals surface area contributed by atoms with E-state index in [4.69, 9.17) is 15.6 Å². The summed E-state index contributed by atoms with van der Waals surface area (Å²) in [6.45, 7) is 5.64. The molecule has 0 bridgehead atoms. The van der Waals surface area contributed by atoms with E-state index in [9.17, 15) is 0 Å². The summed E-state index contributed by atoms with van der Waals surface area (Å²) in [4.78, 5) is 2.40. The van der Waals surface area contributed by atoms with E-state index in [-0.39, 0.29) is 12.4 Å². The van der Waals surface area contributed by atoms with Gasteiger partial charge < -0.3 is 20.5 Å². The van der Waals surface area contributed by atoms with E-state index in [1.165, 1.54) is 6.42 Å². The molecule has 1 unspecified atom stereocenters. The molecule has 0 spiro atoms. The Labute approximate surface area is 98.2 Å². The Hall–Kier alpha value is 0.130. The van der Waals surface area contributed by atoms with E-state index in [0.717, 1.165) is 32.7 Å². The molecule has 1 aliphatic rings. The first-order valence-corrected chi connectivity index (χ1v) is 5.48. The van der Waals surface area contributed by atoms with Gasteiger partial charge in [0.25, 0.3) is 0 Å². The molecule has 0 radical (unpaired) electrons. The van der Waals surface area contributed by atoms with Gasteiger partial charge in [-0.15, -0.1) is 12.4 Å². The molecular formula is C10H23ClN2O2. The van der Waals surface area contributed by atoms with Crippen molar-refractivity contribution in [2.75, 3.05) is 46.0 Å². The van der Waals surface area contributed by atoms with Crippen LogP contribution in [-0.2, 0) is 4.74 Å². The molecule has 1 aliphatic heterocycles. The quantitative estimate of drug-likeness (QED) is 0.618. The molecule has 0 aromatic carbocycles. The highest BCUT2D eigenvalue weighted by atomic mass is 35.5. The van der Waals surface area contributed by atoms with Crippen molar-refractivity contribution in [1.82, 2.24) is 4.90 Å². The van der Waals surface area contributed by atoms with Crippen molar-refractivity contribution in [3.63, 3.8) is 0 Å². The van der Waals surface area contributed by atoms with Gasteiger partial charge in [0.15, 0.2) is 0 Å². The van der Waals surface area contributed by atoms with Gasteiger partial charge in [-0.3, -0.25) is 0 Å². The highest BCUT2D eigenvalue weighted by Gasteiger charge is 2.21. The lowest BCUT2D eigenvalue weighted by Gasteiger charge is -2.15. The number of aliphatic hydroxyl groups excluding tert-OH is 1.